The van der Waals surface area contributed by atoms with Crippen LogP contribution in [0.25, 0.3) is 88.5 Å². The molecule has 0 aliphatic rings. The number of hydrogen-bond donors (Lipinski definition) is 0. The van der Waals surface area contributed by atoms with Gasteiger partial charge in [0.25, 0.3) is 0 Å². The summed E-state index contributed by atoms with van der Waals surface area (Å²) in [4.78, 5) is 14.7. The zero-order valence-electron chi connectivity index (χ0n) is 25.8. The minimum absolute atomic E-state index is 0.894. The third kappa shape index (κ3) is 4.01. The van der Waals surface area contributed by atoms with E-state index in [0.717, 1.165) is 77.8 Å². The van der Waals surface area contributed by atoms with Gasteiger partial charge in [-0.2, -0.15) is 0 Å². The molecule has 0 atom stereocenters. The zero-order valence-corrected chi connectivity index (χ0v) is 25.8. The molecule has 0 aliphatic carbocycles. The van der Waals surface area contributed by atoms with E-state index in [-0.39, 0.29) is 0 Å². The first-order valence-electron chi connectivity index (χ1n) is 16.1. The monoisotopic (exact) mass is 613 g/mol. The SMILES string of the molecule is c1ccc(-c2ccc(-n3c4cc(-c5cccc(-n6c7ccccc7c7ccccc76)n5)ccc4c4c5ncccc5ccc43)cc2)nc1. The van der Waals surface area contributed by atoms with Gasteiger partial charge in [-0.05, 0) is 66.7 Å². The van der Waals surface area contributed by atoms with Gasteiger partial charge in [0.15, 0.2) is 0 Å². The maximum Gasteiger partial charge on any atom is 0.138 e. The number of pyridine rings is 3. The van der Waals surface area contributed by atoms with Crippen LogP contribution in [0.5, 0.6) is 0 Å². The van der Waals surface area contributed by atoms with Gasteiger partial charge in [-0.3, -0.25) is 14.5 Å². The van der Waals surface area contributed by atoms with Crippen LogP contribution < -0.4 is 0 Å². The Morgan fingerprint density at radius 2 is 1.15 bits per heavy atom. The quantitative estimate of drug-likeness (QED) is 0.198. The van der Waals surface area contributed by atoms with E-state index in [1.807, 2.05) is 36.7 Å². The summed E-state index contributed by atoms with van der Waals surface area (Å²) < 4.78 is 4.62. The third-order valence-electron chi connectivity index (χ3n) is 9.43. The van der Waals surface area contributed by atoms with Gasteiger partial charge in [0, 0.05) is 56.1 Å². The first kappa shape index (κ1) is 26.6. The summed E-state index contributed by atoms with van der Waals surface area (Å²) in [5.41, 5.74) is 10.6. The van der Waals surface area contributed by atoms with Crippen molar-refractivity contribution in [1.82, 2.24) is 24.1 Å². The van der Waals surface area contributed by atoms with E-state index >= 15 is 0 Å². The van der Waals surface area contributed by atoms with Crippen LogP contribution in [-0.4, -0.2) is 24.1 Å². The zero-order chi connectivity index (χ0) is 31.6. The van der Waals surface area contributed by atoms with Gasteiger partial charge in [0.05, 0.1) is 39.0 Å². The molecule has 10 aromatic rings. The second-order valence-corrected chi connectivity index (χ2v) is 12.1. The van der Waals surface area contributed by atoms with Gasteiger partial charge in [-0.15, -0.1) is 0 Å². The van der Waals surface area contributed by atoms with Crippen molar-refractivity contribution in [1.29, 1.82) is 0 Å². The summed E-state index contributed by atoms with van der Waals surface area (Å²) in [6, 6.07) is 53.3. The molecule has 0 unspecified atom stereocenters. The average molecular weight is 614 g/mol. The van der Waals surface area contributed by atoms with Crippen molar-refractivity contribution in [3.63, 3.8) is 0 Å². The fraction of sp³-hybridized carbons (Fsp3) is 0. The molecule has 0 saturated carbocycles. The van der Waals surface area contributed by atoms with Gasteiger partial charge in [-0.25, -0.2) is 4.98 Å². The molecule has 0 N–H and O–H groups in total. The van der Waals surface area contributed by atoms with E-state index in [9.17, 15) is 0 Å². The highest BCUT2D eigenvalue weighted by molar-refractivity contribution is 6.20. The molecule has 0 amide bonds. The maximum atomic E-state index is 5.28. The standard InChI is InChI=1S/C43H27N5/c1-3-14-37-32(10-1)33-11-2-4-15-38(33)48(37)41-16-7-13-36(46-41)30-19-23-34-40(27-30)47(39-24-20-29-9-8-26-45-43(29)42(34)39)31-21-17-28(18-22-31)35-12-5-6-25-44-35/h1-27H. The van der Waals surface area contributed by atoms with E-state index in [1.54, 1.807) is 0 Å². The third-order valence-corrected chi connectivity index (χ3v) is 9.43. The Labute approximate surface area is 276 Å². The average Bonchev–Trinajstić information content (AvgIpc) is 3.68. The van der Waals surface area contributed by atoms with Crippen LogP contribution in [0, 0.1) is 0 Å². The normalized spacial score (nSPS) is 11.8. The highest BCUT2D eigenvalue weighted by Crippen LogP contribution is 2.38. The lowest BCUT2D eigenvalue weighted by atomic mass is 10.1. The van der Waals surface area contributed by atoms with E-state index in [0.29, 0.717) is 0 Å². The first-order chi connectivity index (χ1) is 23.8. The summed E-state index contributed by atoms with van der Waals surface area (Å²) >= 11 is 0. The highest BCUT2D eigenvalue weighted by Gasteiger charge is 2.18. The van der Waals surface area contributed by atoms with E-state index < -0.39 is 0 Å². The van der Waals surface area contributed by atoms with Gasteiger partial charge in [-0.1, -0.05) is 84.9 Å². The van der Waals surface area contributed by atoms with Crippen molar-refractivity contribution in [3.05, 3.63) is 164 Å². The predicted octanol–water partition coefficient (Wildman–Crippen LogP) is 10.6. The molecule has 5 heterocycles. The minimum atomic E-state index is 0.894. The Kier molecular flexibility index (Phi) is 5.81. The molecule has 5 heteroatoms. The van der Waals surface area contributed by atoms with Gasteiger partial charge >= 0.3 is 0 Å². The number of benzene rings is 5. The Balaban J connectivity index is 1.19. The maximum absolute atomic E-state index is 5.28. The fourth-order valence-electron chi connectivity index (χ4n) is 7.27. The predicted molar refractivity (Wildman–Crippen MR) is 197 cm³/mol. The van der Waals surface area contributed by atoms with Crippen LogP contribution in [0.4, 0.5) is 0 Å². The molecule has 5 nitrogen and oxygen atoms in total. The highest BCUT2D eigenvalue weighted by atomic mass is 15.1. The first-order valence-corrected chi connectivity index (χ1v) is 16.1. The van der Waals surface area contributed by atoms with E-state index in [4.69, 9.17) is 9.97 Å². The molecule has 0 fully saturated rings. The van der Waals surface area contributed by atoms with E-state index in [2.05, 4.69) is 142 Å². The lowest BCUT2D eigenvalue weighted by Gasteiger charge is -2.11. The number of aromatic nitrogens is 5. The van der Waals surface area contributed by atoms with Gasteiger partial charge < -0.3 is 4.57 Å². The van der Waals surface area contributed by atoms with Crippen molar-refractivity contribution >= 4 is 54.5 Å². The molecule has 5 aromatic heterocycles. The molecule has 0 bridgehead atoms. The van der Waals surface area contributed by atoms with Crippen LogP contribution in [0.2, 0.25) is 0 Å². The van der Waals surface area contributed by atoms with Crippen LogP contribution in [0.15, 0.2) is 164 Å². The largest absolute Gasteiger partial charge is 0.309 e. The second kappa shape index (κ2) is 10.5. The van der Waals surface area contributed by atoms with Crippen LogP contribution in [0.3, 0.4) is 0 Å². The Bertz CT molecular complexity index is 2770. The number of nitrogens with zero attached hydrogens (tertiary/aromatic N) is 5. The minimum Gasteiger partial charge on any atom is -0.309 e. The van der Waals surface area contributed by atoms with Crippen LogP contribution in [0.1, 0.15) is 0 Å². The van der Waals surface area contributed by atoms with Gasteiger partial charge in [0.1, 0.15) is 5.82 Å². The smallest absolute Gasteiger partial charge is 0.138 e. The van der Waals surface area contributed by atoms with E-state index in [1.165, 1.54) is 10.8 Å². The lowest BCUT2D eigenvalue weighted by molar-refractivity contribution is 1.08. The molecule has 48 heavy (non-hydrogen) atoms. The molecule has 0 aliphatic heterocycles. The lowest BCUT2D eigenvalue weighted by Crippen LogP contribution is -1.98. The summed E-state index contributed by atoms with van der Waals surface area (Å²) in [6.07, 6.45) is 3.71. The molecule has 10 rings (SSSR count). The Hall–Kier alpha value is -6.59. The van der Waals surface area contributed by atoms with Crippen molar-refractivity contribution < 1.29 is 0 Å². The van der Waals surface area contributed by atoms with Crippen molar-refractivity contribution in [2.75, 3.05) is 0 Å². The number of para-hydroxylation sites is 2. The molecule has 224 valence electrons. The number of fused-ring (bicyclic) bond motifs is 8. The summed E-state index contributed by atoms with van der Waals surface area (Å²) in [5.74, 6) is 0.894. The summed E-state index contributed by atoms with van der Waals surface area (Å²) in [7, 11) is 0. The van der Waals surface area contributed by atoms with Crippen molar-refractivity contribution in [2.24, 2.45) is 0 Å². The van der Waals surface area contributed by atoms with Crippen molar-refractivity contribution in [2.45, 2.75) is 0 Å². The van der Waals surface area contributed by atoms with Crippen molar-refractivity contribution in [3.8, 4) is 34.0 Å². The topological polar surface area (TPSA) is 48.5 Å². The molecular formula is C43H27N5. The van der Waals surface area contributed by atoms with Crippen LogP contribution in [-0.2, 0) is 0 Å². The Morgan fingerprint density at radius 1 is 0.417 bits per heavy atom. The number of rotatable bonds is 4. The van der Waals surface area contributed by atoms with Gasteiger partial charge in [0.2, 0.25) is 0 Å². The number of hydrogen-bond acceptors (Lipinski definition) is 3. The molecule has 5 aromatic carbocycles. The Morgan fingerprint density at radius 3 is 1.94 bits per heavy atom. The summed E-state index contributed by atoms with van der Waals surface area (Å²) in [6.45, 7) is 0. The fourth-order valence-corrected chi connectivity index (χ4v) is 7.27. The molecule has 0 saturated heterocycles. The second-order valence-electron chi connectivity index (χ2n) is 12.1. The molecule has 0 spiro atoms. The molecular weight excluding hydrogens is 587 g/mol. The van der Waals surface area contributed by atoms with Crippen LogP contribution >= 0.6 is 0 Å². The summed E-state index contributed by atoms with van der Waals surface area (Å²) in [5, 5.41) is 5.88. The molecule has 0 radical (unpaired) electrons.